The molecule has 4 aromatic heterocycles. The van der Waals surface area contributed by atoms with Crippen molar-refractivity contribution in [1.82, 2.24) is 60.4 Å². The highest BCUT2D eigenvalue weighted by Gasteiger charge is 2.61. The quantitative estimate of drug-likeness (QED) is 0.0483. The number of aryl methyl sites for hydroxylation is 8. The zero-order valence-corrected chi connectivity index (χ0v) is 66.1. The lowest BCUT2D eigenvalue weighted by molar-refractivity contribution is 0.0848. The van der Waals surface area contributed by atoms with E-state index in [1.165, 1.54) is 112 Å². The normalized spacial score (nSPS) is 25.7. The summed E-state index contributed by atoms with van der Waals surface area (Å²) in [6.45, 7) is 17.2. The molecule has 0 aliphatic heterocycles. The van der Waals surface area contributed by atoms with E-state index in [1.54, 1.807) is 40.6 Å². The first-order valence-electron chi connectivity index (χ1n) is 39.4. The SMILES string of the molecule is CCCCC1C2CCC1(NC(=O)c1cn(C)nc1C(F)F)c1cc(C)ccc12.CCCCC1C2CCC1(NC(=O)c1cn(C)nc1C(F)F)c1cc(C)ccc12.CCCCC1C2CCC1(NC(=O)c1cnn(C)c1Cl)c1cc(C)ccc12.CCCCC1C2CCC1(NC(=O)c1cnn(C)c1Cl)c1cc(C)ccc12. The Hall–Kier alpha value is -8.10. The van der Waals surface area contributed by atoms with E-state index in [4.69, 9.17) is 23.2 Å². The average molecular weight is 1520 g/mol. The lowest BCUT2D eigenvalue weighted by atomic mass is 9.81. The predicted molar refractivity (Wildman–Crippen MR) is 414 cm³/mol. The fourth-order valence-electron chi connectivity index (χ4n) is 21.1. The van der Waals surface area contributed by atoms with Gasteiger partial charge in [-0.3, -0.25) is 37.9 Å². The molecule has 0 saturated heterocycles. The molecule has 4 aromatic carbocycles. The highest BCUT2D eigenvalue weighted by atomic mass is 35.5. The molecule has 108 heavy (non-hydrogen) atoms. The van der Waals surface area contributed by atoms with Crippen LogP contribution in [0, 0.1) is 51.4 Å². The second-order valence-electron chi connectivity index (χ2n) is 32.4. The first-order chi connectivity index (χ1) is 51.7. The molecule has 0 spiro atoms. The van der Waals surface area contributed by atoms with E-state index in [2.05, 4.69) is 170 Å². The van der Waals surface area contributed by atoms with Gasteiger partial charge >= 0.3 is 0 Å². The molecule has 16 nitrogen and oxygen atoms in total. The van der Waals surface area contributed by atoms with Crippen LogP contribution in [-0.4, -0.2) is 62.8 Å². The zero-order chi connectivity index (χ0) is 77.1. The van der Waals surface area contributed by atoms with Gasteiger partial charge in [0.05, 0.1) is 56.8 Å². The number of halogens is 6. The van der Waals surface area contributed by atoms with Crippen molar-refractivity contribution in [2.45, 2.75) is 242 Å². The van der Waals surface area contributed by atoms with Crippen LogP contribution in [0.25, 0.3) is 0 Å². The molecule has 8 aliphatic rings. The second-order valence-corrected chi connectivity index (χ2v) is 33.1. The van der Waals surface area contributed by atoms with Crippen molar-refractivity contribution < 1.29 is 36.7 Å². The van der Waals surface area contributed by atoms with Gasteiger partial charge in [0.15, 0.2) is 0 Å². The highest BCUT2D eigenvalue weighted by Crippen LogP contribution is 2.65. The average Bonchev–Trinajstić information content (AvgIpc) is 1.57. The molecule has 8 aliphatic carbocycles. The monoisotopic (exact) mass is 1520 g/mol. The molecule has 4 saturated carbocycles. The summed E-state index contributed by atoms with van der Waals surface area (Å²) in [6.07, 6.45) is 21.9. The Morgan fingerprint density at radius 2 is 0.676 bits per heavy atom. The number of alkyl halides is 4. The number of nitrogens with one attached hydrogen (secondary N) is 4. The van der Waals surface area contributed by atoms with Crippen molar-refractivity contribution in [3.05, 3.63) is 208 Å². The van der Waals surface area contributed by atoms with Crippen LogP contribution in [0.1, 0.15) is 312 Å². The lowest BCUT2D eigenvalue weighted by Crippen LogP contribution is -2.47. The topological polar surface area (TPSA) is 188 Å². The van der Waals surface area contributed by atoms with Gasteiger partial charge in [-0.1, -0.05) is 197 Å². The number of benzene rings is 4. The van der Waals surface area contributed by atoms with Crippen LogP contribution < -0.4 is 21.3 Å². The van der Waals surface area contributed by atoms with Gasteiger partial charge in [-0.25, -0.2) is 17.6 Å². The van der Waals surface area contributed by atoms with Gasteiger partial charge in [0, 0.05) is 40.6 Å². The van der Waals surface area contributed by atoms with E-state index in [1.807, 2.05) is 0 Å². The minimum Gasteiger partial charge on any atom is -0.342 e. The van der Waals surface area contributed by atoms with E-state index in [-0.39, 0.29) is 34.0 Å². The van der Waals surface area contributed by atoms with E-state index in [9.17, 15) is 36.7 Å². The fraction of sp³-hybridized carbons (Fsp3) is 0.535. The molecule has 8 bridgehead atoms. The summed E-state index contributed by atoms with van der Waals surface area (Å²) in [5.41, 5.74) is 13.8. The molecule has 12 atom stereocenters. The van der Waals surface area contributed by atoms with Crippen molar-refractivity contribution in [3.63, 3.8) is 0 Å². The Bertz CT molecular complexity index is 4410. The van der Waals surface area contributed by atoms with Crippen LogP contribution in [0.5, 0.6) is 0 Å². The number of hydrogen-bond donors (Lipinski definition) is 4. The Kier molecular flexibility index (Phi) is 22.6. The van der Waals surface area contributed by atoms with Gasteiger partial charge < -0.3 is 21.3 Å². The van der Waals surface area contributed by atoms with E-state index < -0.39 is 47.1 Å². The van der Waals surface area contributed by atoms with Crippen molar-refractivity contribution in [1.29, 1.82) is 0 Å². The Balaban J connectivity index is 0.000000127. The Labute approximate surface area is 643 Å². The number of carbonyl (C=O) groups excluding carboxylic acids is 4. The third-order valence-corrected chi connectivity index (χ3v) is 26.8. The number of unbranched alkanes of at least 4 members (excludes halogenated alkanes) is 4. The van der Waals surface area contributed by atoms with Crippen LogP contribution in [-0.2, 0) is 50.3 Å². The standard InChI is InChI=1S/2C22H27F2N3O.2C21H26ClN3O/c2*1-4-5-6-17-15-9-10-22(17,18-11-13(2)7-8-14(15)18)25-21(28)16-12-27(3)26-19(16)20(23)24;2*1-4-5-6-17-15-9-10-21(17,18-11-13(2)7-8-14(15)18)24-20(26)16-12-23-25(3)19(16)22/h2*7-8,11-12,15,17,20H,4-6,9-10H2,1-3H3,(H,25,28);2*7-8,11-12,15,17H,4-6,9-10H2,1-3H3,(H,24,26). The summed E-state index contributed by atoms with van der Waals surface area (Å²) >= 11 is 12.5. The smallest absolute Gasteiger partial charge is 0.282 e. The molecule has 0 radical (unpaired) electrons. The molecule has 4 fully saturated rings. The van der Waals surface area contributed by atoms with Gasteiger partial charge in [-0.15, -0.1) is 0 Å². The van der Waals surface area contributed by atoms with Crippen LogP contribution in [0.3, 0.4) is 0 Å². The van der Waals surface area contributed by atoms with Crippen LogP contribution in [0.15, 0.2) is 97.6 Å². The summed E-state index contributed by atoms with van der Waals surface area (Å²) in [5, 5.41) is 29.9. The number of hydrogen-bond acceptors (Lipinski definition) is 8. The molecular weight excluding hydrogens is 1410 g/mol. The number of rotatable bonds is 22. The van der Waals surface area contributed by atoms with Gasteiger partial charge in [0.25, 0.3) is 36.5 Å². The first kappa shape index (κ1) is 78.0. The van der Waals surface area contributed by atoms with Crippen LogP contribution in [0.2, 0.25) is 10.3 Å². The minimum atomic E-state index is -2.77. The number of nitrogens with zero attached hydrogens (tertiary/aromatic N) is 8. The molecule has 16 rings (SSSR count). The maximum absolute atomic E-state index is 13.4. The van der Waals surface area contributed by atoms with Crippen molar-refractivity contribution in [2.75, 3.05) is 0 Å². The number of fused-ring (bicyclic) bond motifs is 20. The number of amides is 4. The van der Waals surface area contributed by atoms with Gasteiger partial charge in [-0.05, 0) is 197 Å². The molecule has 4 N–H and O–H groups in total. The van der Waals surface area contributed by atoms with Crippen LogP contribution in [0.4, 0.5) is 17.6 Å². The highest BCUT2D eigenvalue weighted by molar-refractivity contribution is 6.33. The van der Waals surface area contributed by atoms with Gasteiger partial charge in [0.1, 0.15) is 21.7 Å². The van der Waals surface area contributed by atoms with Crippen molar-refractivity contribution >= 4 is 46.8 Å². The van der Waals surface area contributed by atoms with E-state index >= 15 is 0 Å². The molecular formula is C86H106Cl2F4N12O4. The minimum absolute atomic E-state index is 0.0225. The Morgan fingerprint density at radius 1 is 0.426 bits per heavy atom. The summed E-state index contributed by atoms with van der Waals surface area (Å²) in [5.74, 6) is 2.46. The number of carbonyl (C=O) groups is 4. The third-order valence-electron chi connectivity index (χ3n) is 25.9. The Morgan fingerprint density at radius 3 is 0.898 bits per heavy atom. The fourth-order valence-corrected chi connectivity index (χ4v) is 21.4. The van der Waals surface area contributed by atoms with E-state index in [0.29, 0.717) is 68.8 Å². The van der Waals surface area contributed by atoms with Gasteiger partial charge in [0.2, 0.25) is 0 Å². The first-order valence-corrected chi connectivity index (χ1v) is 40.2. The molecule has 12 unspecified atom stereocenters. The van der Waals surface area contributed by atoms with Crippen LogP contribution >= 0.6 is 23.2 Å². The van der Waals surface area contributed by atoms with Crippen molar-refractivity contribution in [3.8, 4) is 0 Å². The zero-order valence-electron chi connectivity index (χ0n) is 64.6. The number of aromatic nitrogens is 8. The second kappa shape index (κ2) is 31.3. The summed E-state index contributed by atoms with van der Waals surface area (Å²) in [7, 11) is 6.62. The molecule has 576 valence electrons. The molecule has 4 heterocycles. The third kappa shape index (κ3) is 13.8. The molecule has 22 heteroatoms. The van der Waals surface area contributed by atoms with Gasteiger partial charge in [-0.2, -0.15) is 20.4 Å². The maximum atomic E-state index is 13.4. The summed E-state index contributed by atoms with van der Waals surface area (Å²) in [4.78, 5) is 52.4. The maximum Gasteiger partial charge on any atom is 0.282 e. The molecule has 4 amide bonds. The summed E-state index contributed by atoms with van der Waals surface area (Å²) < 4.78 is 59.2. The van der Waals surface area contributed by atoms with E-state index in [0.717, 1.165) is 114 Å². The summed E-state index contributed by atoms with van der Waals surface area (Å²) in [6, 6.07) is 26.5. The van der Waals surface area contributed by atoms with Crippen molar-refractivity contribution in [2.24, 2.45) is 51.9 Å². The predicted octanol–water partition coefficient (Wildman–Crippen LogP) is 19.4. The lowest BCUT2D eigenvalue weighted by Gasteiger charge is -2.35. The molecule has 8 aromatic rings. The largest absolute Gasteiger partial charge is 0.342 e.